The molecule has 0 aromatic carbocycles. The molecule has 2 fully saturated rings. The van der Waals surface area contributed by atoms with Gasteiger partial charge >= 0.3 is 0 Å². The zero-order valence-electron chi connectivity index (χ0n) is 12.7. The molecule has 0 aromatic rings. The van der Waals surface area contributed by atoms with Gasteiger partial charge in [-0.1, -0.05) is 32.1 Å². The summed E-state index contributed by atoms with van der Waals surface area (Å²) < 4.78 is 35.1. The Labute approximate surface area is 123 Å². The van der Waals surface area contributed by atoms with Crippen LogP contribution in [0.1, 0.15) is 58.8 Å². The van der Waals surface area contributed by atoms with Crippen molar-refractivity contribution in [1.82, 2.24) is 9.03 Å². The maximum atomic E-state index is 12.5. The summed E-state index contributed by atoms with van der Waals surface area (Å²) in [7, 11) is -3.37. The molecule has 0 bridgehead atoms. The lowest BCUT2D eigenvalue weighted by molar-refractivity contribution is -0.0444. The fraction of sp³-hybridized carbons (Fsp3) is 1.00. The molecule has 0 aromatic heterocycles. The molecule has 1 saturated carbocycles. The maximum absolute atomic E-state index is 12.5. The van der Waals surface area contributed by atoms with Gasteiger partial charge < -0.3 is 4.74 Å². The third kappa shape index (κ3) is 4.69. The first-order chi connectivity index (χ1) is 9.47. The van der Waals surface area contributed by atoms with Crippen LogP contribution >= 0.6 is 0 Å². The van der Waals surface area contributed by atoms with E-state index in [0.29, 0.717) is 13.1 Å². The molecule has 1 heterocycles. The van der Waals surface area contributed by atoms with Crippen molar-refractivity contribution in [2.75, 3.05) is 13.1 Å². The number of morpholine rings is 1. The molecular weight excluding hydrogens is 276 g/mol. The van der Waals surface area contributed by atoms with Gasteiger partial charge in [0.15, 0.2) is 0 Å². The van der Waals surface area contributed by atoms with Crippen LogP contribution in [0.2, 0.25) is 0 Å². The Morgan fingerprint density at radius 3 is 2.00 bits per heavy atom. The van der Waals surface area contributed by atoms with Crippen LogP contribution < -0.4 is 4.72 Å². The number of hydrogen-bond acceptors (Lipinski definition) is 3. The van der Waals surface area contributed by atoms with Crippen molar-refractivity contribution >= 4 is 10.2 Å². The Kier molecular flexibility index (Phi) is 5.84. The Balaban J connectivity index is 1.94. The average molecular weight is 304 g/mol. The highest BCUT2D eigenvalue weighted by atomic mass is 32.2. The Bertz CT molecular complexity index is 381. The van der Waals surface area contributed by atoms with Gasteiger partial charge in [0.25, 0.3) is 10.2 Å². The van der Waals surface area contributed by atoms with Gasteiger partial charge in [0.1, 0.15) is 0 Å². The summed E-state index contributed by atoms with van der Waals surface area (Å²) in [5, 5.41) is 0. The second kappa shape index (κ2) is 7.20. The molecule has 2 aliphatic rings. The molecule has 0 unspecified atom stereocenters. The molecule has 1 saturated heterocycles. The van der Waals surface area contributed by atoms with Crippen LogP contribution in [0.25, 0.3) is 0 Å². The molecule has 2 rings (SSSR count). The van der Waals surface area contributed by atoms with Crippen LogP contribution in [0.5, 0.6) is 0 Å². The van der Waals surface area contributed by atoms with Crippen molar-refractivity contribution in [3.8, 4) is 0 Å². The van der Waals surface area contributed by atoms with Gasteiger partial charge in [-0.3, -0.25) is 0 Å². The van der Waals surface area contributed by atoms with Crippen molar-refractivity contribution in [2.45, 2.75) is 77.0 Å². The van der Waals surface area contributed by atoms with Crippen LogP contribution in [0.3, 0.4) is 0 Å². The molecule has 1 aliphatic carbocycles. The predicted molar refractivity (Wildman–Crippen MR) is 79.7 cm³/mol. The van der Waals surface area contributed by atoms with Gasteiger partial charge in [0, 0.05) is 19.1 Å². The topological polar surface area (TPSA) is 58.6 Å². The predicted octanol–water partition coefficient (Wildman–Crippen LogP) is 2.04. The number of nitrogens with one attached hydrogen (secondary N) is 1. The van der Waals surface area contributed by atoms with Crippen molar-refractivity contribution in [3.63, 3.8) is 0 Å². The molecule has 118 valence electrons. The number of rotatable bonds is 3. The van der Waals surface area contributed by atoms with Gasteiger partial charge in [-0.25, -0.2) is 0 Å². The van der Waals surface area contributed by atoms with Crippen molar-refractivity contribution in [1.29, 1.82) is 0 Å². The SMILES string of the molecule is C[C@@H]1CN(S(=O)(=O)NC2CCCCCCC2)C[C@@H](C)O1. The Hall–Kier alpha value is -0.170. The molecule has 0 amide bonds. The third-order valence-corrected chi connectivity index (χ3v) is 5.76. The van der Waals surface area contributed by atoms with Gasteiger partial charge in [0.2, 0.25) is 0 Å². The second-order valence-electron chi connectivity index (χ2n) is 6.24. The fourth-order valence-electron chi connectivity index (χ4n) is 3.19. The van der Waals surface area contributed by atoms with Crippen molar-refractivity contribution in [2.24, 2.45) is 0 Å². The second-order valence-corrected chi connectivity index (χ2v) is 7.94. The smallest absolute Gasteiger partial charge is 0.279 e. The third-order valence-electron chi connectivity index (χ3n) is 4.15. The van der Waals surface area contributed by atoms with E-state index in [4.69, 9.17) is 4.74 Å². The molecule has 0 radical (unpaired) electrons. The molecule has 5 nitrogen and oxygen atoms in total. The van der Waals surface area contributed by atoms with E-state index in [9.17, 15) is 8.42 Å². The van der Waals surface area contributed by atoms with Crippen LogP contribution in [-0.2, 0) is 14.9 Å². The highest BCUT2D eigenvalue weighted by Gasteiger charge is 2.32. The molecule has 6 heteroatoms. The summed E-state index contributed by atoms with van der Waals surface area (Å²) in [6.07, 6.45) is 7.86. The largest absolute Gasteiger partial charge is 0.373 e. The van der Waals surface area contributed by atoms with E-state index in [1.165, 1.54) is 19.3 Å². The zero-order chi connectivity index (χ0) is 14.6. The minimum absolute atomic E-state index is 0.0346. The first kappa shape index (κ1) is 16.2. The minimum Gasteiger partial charge on any atom is -0.373 e. The summed E-state index contributed by atoms with van der Waals surface area (Å²) in [5.74, 6) is 0. The number of ether oxygens (including phenoxy) is 1. The first-order valence-corrected chi connectivity index (χ1v) is 9.34. The van der Waals surface area contributed by atoms with Crippen molar-refractivity contribution < 1.29 is 13.2 Å². The van der Waals surface area contributed by atoms with Crippen LogP contribution in [0.4, 0.5) is 0 Å². The van der Waals surface area contributed by atoms with Gasteiger partial charge in [0.05, 0.1) is 12.2 Å². The van der Waals surface area contributed by atoms with E-state index in [1.54, 1.807) is 4.31 Å². The van der Waals surface area contributed by atoms with Gasteiger partial charge in [-0.15, -0.1) is 0 Å². The quantitative estimate of drug-likeness (QED) is 0.868. The number of hydrogen-bond donors (Lipinski definition) is 1. The standard InChI is InChI=1S/C14H28N2O3S/c1-12-10-16(11-13(2)19-12)20(17,18)15-14-8-6-4-3-5-7-9-14/h12-15H,3-11H2,1-2H3/t12-,13-/m1/s1. The molecule has 20 heavy (non-hydrogen) atoms. The van der Waals surface area contributed by atoms with Crippen molar-refractivity contribution in [3.05, 3.63) is 0 Å². The van der Waals surface area contributed by atoms with Crippen LogP contribution in [0, 0.1) is 0 Å². The fourth-order valence-corrected chi connectivity index (χ4v) is 4.80. The van der Waals surface area contributed by atoms with E-state index >= 15 is 0 Å². The lowest BCUT2D eigenvalue weighted by Crippen LogP contribution is -2.53. The highest BCUT2D eigenvalue weighted by molar-refractivity contribution is 7.87. The molecular formula is C14H28N2O3S. The molecule has 1 N–H and O–H groups in total. The normalized spacial score (nSPS) is 31.7. The van der Waals surface area contributed by atoms with E-state index in [0.717, 1.165) is 25.7 Å². The Morgan fingerprint density at radius 1 is 0.950 bits per heavy atom. The van der Waals surface area contributed by atoms with E-state index in [2.05, 4.69) is 4.72 Å². The maximum Gasteiger partial charge on any atom is 0.279 e. The molecule has 1 aliphatic heterocycles. The van der Waals surface area contributed by atoms with Crippen LogP contribution in [0.15, 0.2) is 0 Å². The minimum atomic E-state index is -3.37. The summed E-state index contributed by atoms with van der Waals surface area (Å²) in [4.78, 5) is 0. The summed E-state index contributed by atoms with van der Waals surface area (Å²) in [6.45, 7) is 4.75. The van der Waals surface area contributed by atoms with E-state index in [1.807, 2.05) is 13.8 Å². The summed E-state index contributed by atoms with van der Waals surface area (Å²) in [5.41, 5.74) is 0. The zero-order valence-corrected chi connectivity index (χ0v) is 13.5. The lowest BCUT2D eigenvalue weighted by atomic mass is 9.97. The lowest BCUT2D eigenvalue weighted by Gasteiger charge is -2.35. The first-order valence-electron chi connectivity index (χ1n) is 7.90. The molecule has 0 spiro atoms. The van der Waals surface area contributed by atoms with Gasteiger partial charge in [-0.05, 0) is 26.7 Å². The van der Waals surface area contributed by atoms with E-state index in [-0.39, 0.29) is 18.2 Å². The average Bonchev–Trinajstić information content (AvgIpc) is 2.31. The Morgan fingerprint density at radius 2 is 1.45 bits per heavy atom. The summed E-state index contributed by atoms with van der Waals surface area (Å²) >= 11 is 0. The monoisotopic (exact) mass is 304 g/mol. The van der Waals surface area contributed by atoms with Gasteiger partial charge in [-0.2, -0.15) is 17.4 Å². The summed E-state index contributed by atoms with van der Waals surface area (Å²) in [6, 6.07) is 0.105. The molecule has 2 atom stereocenters. The highest BCUT2D eigenvalue weighted by Crippen LogP contribution is 2.19. The van der Waals surface area contributed by atoms with E-state index < -0.39 is 10.2 Å². The number of nitrogens with zero attached hydrogens (tertiary/aromatic N) is 1. The van der Waals surface area contributed by atoms with Crippen LogP contribution in [-0.4, -0.2) is 44.1 Å².